The molecule has 0 aliphatic rings. The summed E-state index contributed by atoms with van der Waals surface area (Å²) >= 11 is 2.13. The minimum atomic E-state index is -0.495. The summed E-state index contributed by atoms with van der Waals surface area (Å²) in [5.74, 6) is -0.147. The molecule has 1 aromatic carbocycles. The summed E-state index contributed by atoms with van der Waals surface area (Å²) in [6, 6.07) is 7.51. The molecule has 0 amide bonds. The molecule has 24 heavy (non-hydrogen) atoms. The van der Waals surface area contributed by atoms with Crippen LogP contribution >= 0.6 is 22.6 Å². The number of rotatable bonds is 7. The van der Waals surface area contributed by atoms with Gasteiger partial charge >= 0.3 is 11.9 Å². The molecule has 134 valence electrons. The van der Waals surface area contributed by atoms with Gasteiger partial charge in [0, 0.05) is 0 Å². The molecule has 4 nitrogen and oxygen atoms in total. The van der Waals surface area contributed by atoms with Crippen molar-refractivity contribution in [3.63, 3.8) is 0 Å². The Labute approximate surface area is 158 Å². The van der Waals surface area contributed by atoms with Gasteiger partial charge in [0.2, 0.25) is 0 Å². The van der Waals surface area contributed by atoms with Crippen molar-refractivity contribution in [3.8, 4) is 0 Å². The maximum atomic E-state index is 12.0. The molecule has 2 unspecified atom stereocenters. The molecule has 2 atom stereocenters. The highest BCUT2D eigenvalue weighted by Crippen LogP contribution is 2.24. The lowest BCUT2D eigenvalue weighted by molar-refractivity contribution is -0.142. The lowest BCUT2D eigenvalue weighted by Crippen LogP contribution is -2.23. The number of hydrogen-bond acceptors (Lipinski definition) is 4. The fourth-order valence-electron chi connectivity index (χ4n) is 2.20. The van der Waals surface area contributed by atoms with Gasteiger partial charge in [0.25, 0.3) is 0 Å². The molecule has 0 N–H and O–H groups in total. The van der Waals surface area contributed by atoms with Crippen LogP contribution in [-0.4, -0.2) is 28.1 Å². The SMILES string of the molecule is CCOC(=O)C(I)CCC(C)c1ccc(C(=O)OC(C)(C)C)cc1. The Balaban J connectivity index is 2.59. The van der Waals surface area contributed by atoms with Crippen molar-refractivity contribution >= 4 is 34.5 Å². The second-order valence-corrected chi connectivity index (χ2v) is 8.33. The number of hydrogen-bond donors (Lipinski definition) is 0. The first-order valence-corrected chi connectivity index (χ1v) is 9.52. The Kier molecular flexibility index (Phi) is 8.19. The molecule has 0 heterocycles. The lowest BCUT2D eigenvalue weighted by Gasteiger charge is -2.20. The largest absolute Gasteiger partial charge is 0.465 e. The van der Waals surface area contributed by atoms with Crippen LogP contribution in [0.2, 0.25) is 0 Å². The third kappa shape index (κ3) is 7.20. The van der Waals surface area contributed by atoms with Crippen LogP contribution in [-0.2, 0) is 14.3 Å². The molecule has 1 rings (SSSR count). The average molecular weight is 446 g/mol. The van der Waals surface area contributed by atoms with Crippen LogP contribution in [0.3, 0.4) is 0 Å². The Morgan fingerprint density at radius 1 is 1.12 bits per heavy atom. The second-order valence-electron chi connectivity index (χ2n) is 6.82. The Hall–Kier alpha value is -1.11. The van der Waals surface area contributed by atoms with Crippen LogP contribution in [0, 0.1) is 0 Å². The first kappa shape index (κ1) is 20.9. The molecule has 0 fully saturated rings. The van der Waals surface area contributed by atoms with Crippen LogP contribution in [0.5, 0.6) is 0 Å². The van der Waals surface area contributed by atoms with Crippen molar-refractivity contribution < 1.29 is 19.1 Å². The van der Waals surface area contributed by atoms with E-state index in [0.29, 0.717) is 18.1 Å². The minimum absolute atomic E-state index is 0.119. The van der Waals surface area contributed by atoms with Gasteiger partial charge in [-0.15, -0.1) is 0 Å². The molecule has 0 spiro atoms. The first-order chi connectivity index (χ1) is 11.1. The highest BCUT2D eigenvalue weighted by atomic mass is 127. The van der Waals surface area contributed by atoms with E-state index in [4.69, 9.17) is 9.47 Å². The summed E-state index contributed by atoms with van der Waals surface area (Å²) < 4.78 is 10.3. The predicted octanol–water partition coefficient (Wildman–Crippen LogP) is 4.89. The van der Waals surface area contributed by atoms with Gasteiger partial charge in [-0.25, -0.2) is 4.79 Å². The van der Waals surface area contributed by atoms with E-state index in [1.54, 1.807) is 12.1 Å². The van der Waals surface area contributed by atoms with Gasteiger partial charge in [-0.05, 0) is 64.2 Å². The van der Waals surface area contributed by atoms with E-state index in [-0.39, 0.29) is 15.9 Å². The quantitative estimate of drug-likeness (QED) is 0.340. The van der Waals surface area contributed by atoms with Crippen molar-refractivity contribution in [2.45, 2.75) is 62.9 Å². The standard InChI is InChI=1S/C19H27IO4/c1-6-23-18(22)16(20)12-7-13(2)14-8-10-15(11-9-14)17(21)24-19(3,4)5/h8-11,13,16H,6-7,12H2,1-5H3. The number of ether oxygens (including phenoxy) is 2. The van der Waals surface area contributed by atoms with Crippen LogP contribution < -0.4 is 0 Å². The summed E-state index contributed by atoms with van der Waals surface area (Å²) in [6.45, 7) is 9.91. The van der Waals surface area contributed by atoms with Crippen LogP contribution in [0.15, 0.2) is 24.3 Å². The Morgan fingerprint density at radius 3 is 2.21 bits per heavy atom. The summed E-state index contributed by atoms with van der Waals surface area (Å²) in [7, 11) is 0. The molecule has 5 heteroatoms. The molecule has 0 saturated heterocycles. The number of alkyl halides is 1. The molecule has 0 aliphatic carbocycles. The molecule has 0 saturated carbocycles. The molecule has 0 bridgehead atoms. The van der Waals surface area contributed by atoms with E-state index in [0.717, 1.165) is 18.4 Å². The third-order valence-electron chi connectivity index (χ3n) is 3.51. The molecule has 0 radical (unpaired) electrons. The fraction of sp³-hybridized carbons (Fsp3) is 0.579. The van der Waals surface area contributed by atoms with Crippen LogP contribution in [0.1, 0.15) is 69.3 Å². The normalized spacial score (nSPS) is 13.9. The zero-order valence-corrected chi connectivity index (χ0v) is 17.3. The summed E-state index contributed by atoms with van der Waals surface area (Å²) in [5, 5.41) is 0. The number of benzene rings is 1. The van der Waals surface area contributed by atoms with Crippen molar-refractivity contribution in [1.29, 1.82) is 0 Å². The first-order valence-electron chi connectivity index (χ1n) is 8.28. The van der Waals surface area contributed by atoms with E-state index in [2.05, 4.69) is 29.5 Å². The van der Waals surface area contributed by atoms with Gasteiger partial charge in [0.1, 0.15) is 9.53 Å². The van der Waals surface area contributed by atoms with Crippen LogP contribution in [0.25, 0.3) is 0 Å². The van der Waals surface area contributed by atoms with E-state index in [9.17, 15) is 9.59 Å². The summed E-state index contributed by atoms with van der Waals surface area (Å²) in [4.78, 5) is 23.7. The number of halogens is 1. The van der Waals surface area contributed by atoms with Gasteiger partial charge in [-0.3, -0.25) is 4.79 Å². The zero-order chi connectivity index (χ0) is 18.3. The monoisotopic (exact) mass is 446 g/mol. The van der Waals surface area contributed by atoms with Crippen LogP contribution in [0.4, 0.5) is 0 Å². The highest BCUT2D eigenvalue weighted by Gasteiger charge is 2.19. The molecular weight excluding hydrogens is 419 g/mol. The van der Waals surface area contributed by atoms with E-state index in [1.807, 2.05) is 39.8 Å². The maximum Gasteiger partial charge on any atom is 0.338 e. The fourth-order valence-corrected chi connectivity index (χ4v) is 2.74. The number of carbonyl (C=O) groups is 2. The Bertz CT molecular complexity index is 545. The van der Waals surface area contributed by atoms with Crippen molar-refractivity contribution in [2.24, 2.45) is 0 Å². The summed E-state index contributed by atoms with van der Waals surface area (Å²) in [5.41, 5.74) is 1.21. The number of carbonyl (C=O) groups excluding carboxylic acids is 2. The van der Waals surface area contributed by atoms with Crippen molar-refractivity contribution in [2.75, 3.05) is 6.61 Å². The summed E-state index contributed by atoms with van der Waals surface area (Å²) in [6.07, 6.45) is 1.66. The van der Waals surface area contributed by atoms with Gasteiger partial charge in [0.05, 0.1) is 12.2 Å². The molecular formula is C19H27IO4. The third-order valence-corrected chi connectivity index (χ3v) is 4.64. The Morgan fingerprint density at radius 2 is 1.71 bits per heavy atom. The smallest absolute Gasteiger partial charge is 0.338 e. The average Bonchev–Trinajstić information content (AvgIpc) is 2.51. The van der Waals surface area contributed by atoms with Crippen molar-refractivity contribution in [1.82, 2.24) is 0 Å². The topological polar surface area (TPSA) is 52.6 Å². The van der Waals surface area contributed by atoms with Gasteiger partial charge < -0.3 is 9.47 Å². The molecule has 0 aromatic heterocycles. The highest BCUT2D eigenvalue weighted by molar-refractivity contribution is 14.1. The predicted molar refractivity (Wildman–Crippen MR) is 104 cm³/mol. The van der Waals surface area contributed by atoms with Gasteiger partial charge in [-0.2, -0.15) is 0 Å². The van der Waals surface area contributed by atoms with E-state index in [1.165, 1.54) is 0 Å². The molecule has 0 aliphatic heterocycles. The van der Waals surface area contributed by atoms with Gasteiger partial charge in [0.15, 0.2) is 0 Å². The minimum Gasteiger partial charge on any atom is -0.465 e. The number of esters is 2. The zero-order valence-electron chi connectivity index (χ0n) is 15.1. The van der Waals surface area contributed by atoms with E-state index < -0.39 is 5.60 Å². The maximum absolute atomic E-state index is 12.0. The van der Waals surface area contributed by atoms with Crippen molar-refractivity contribution in [3.05, 3.63) is 35.4 Å². The van der Waals surface area contributed by atoms with Gasteiger partial charge in [-0.1, -0.05) is 41.6 Å². The second kappa shape index (κ2) is 9.39. The molecule has 1 aromatic rings. The van der Waals surface area contributed by atoms with E-state index >= 15 is 0 Å². The lowest BCUT2D eigenvalue weighted by atomic mass is 9.94.